The van der Waals surface area contributed by atoms with E-state index in [0.717, 1.165) is 4.31 Å². The first-order valence-corrected chi connectivity index (χ1v) is 6.64. The molecule has 0 bridgehead atoms. The van der Waals surface area contributed by atoms with Gasteiger partial charge in [-0.15, -0.1) is 0 Å². The number of halogens is 3. The van der Waals surface area contributed by atoms with Crippen molar-refractivity contribution in [3.63, 3.8) is 0 Å². The maximum Gasteiger partial charge on any atom is 0.402 e. The molecule has 0 aliphatic carbocycles. The Morgan fingerprint density at radius 3 is 2.59 bits per heavy atom. The first-order valence-electron chi connectivity index (χ1n) is 5.20. The SMILES string of the molecule is CNCC1CCN(S(=O)(=O)NCC(F)(F)F)C1. The zero-order valence-corrected chi connectivity index (χ0v) is 10.2. The summed E-state index contributed by atoms with van der Waals surface area (Å²) in [6.45, 7) is -0.346. The van der Waals surface area contributed by atoms with Gasteiger partial charge in [-0.05, 0) is 25.9 Å². The molecule has 1 aliphatic heterocycles. The topological polar surface area (TPSA) is 61.4 Å². The molecule has 2 N–H and O–H groups in total. The molecule has 0 saturated carbocycles. The Balaban J connectivity index is 2.49. The van der Waals surface area contributed by atoms with Crippen LogP contribution in [0.15, 0.2) is 0 Å². The molecular weight excluding hydrogens is 259 g/mol. The highest BCUT2D eigenvalue weighted by molar-refractivity contribution is 7.87. The van der Waals surface area contributed by atoms with Crippen LogP contribution >= 0.6 is 0 Å². The highest BCUT2D eigenvalue weighted by Crippen LogP contribution is 2.19. The van der Waals surface area contributed by atoms with Crippen molar-refractivity contribution in [1.82, 2.24) is 14.3 Å². The zero-order valence-electron chi connectivity index (χ0n) is 9.42. The molecule has 0 spiro atoms. The second-order valence-corrected chi connectivity index (χ2v) is 5.77. The molecule has 0 radical (unpaired) electrons. The summed E-state index contributed by atoms with van der Waals surface area (Å²) in [7, 11) is -2.26. The highest BCUT2D eigenvalue weighted by Gasteiger charge is 2.34. The van der Waals surface area contributed by atoms with Crippen molar-refractivity contribution in [2.24, 2.45) is 5.92 Å². The van der Waals surface area contributed by atoms with E-state index in [1.54, 1.807) is 11.8 Å². The monoisotopic (exact) mass is 275 g/mol. The Morgan fingerprint density at radius 1 is 1.41 bits per heavy atom. The van der Waals surface area contributed by atoms with Crippen LogP contribution in [0.1, 0.15) is 6.42 Å². The minimum absolute atomic E-state index is 0.155. The second-order valence-electron chi connectivity index (χ2n) is 4.01. The van der Waals surface area contributed by atoms with Gasteiger partial charge in [0, 0.05) is 13.1 Å². The summed E-state index contributed by atoms with van der Waals surface area (Å²) >= 11 is 0. The number of alkyl halides is 3. The lowest BCUT2D eigenvalue weighted by molar-refractivity contribution is -0.121. The summed E-state index contributed by atoms with van der Waals surface area (Å²) in [4.78, 5) is 0. The van der Waals surface area contributed by atoms with Gasteiger partial charge in [0.15, 0.2) is 0 Å². The minimum Gasteiger partial charge on any atom is -0.319 e. The van der Waals surface area contributed by atoms with E-state index in [2.05, 4.69) is 5.32 Å². The standard InChI is InChI=1S/C8H16F3N3O2S/c1-12-4-7-2-3-14(5-7)17(15,16)13-6-8(9,10)11/h7,12-13H,2-6H2,1H3. The fourth-order valence-corrected chi connectivity index (χ4v) is 3.02. The largest absolute Gasteiger partial charge is 0.402 e. The Kier molecular flexibility index (Phi) is 4.76. The average molecular weight is 275 g/mol. The number of rotatable bonds is 5. The molecule has 102 valence electrons. The lowest BCUT2D eigenvalue weighted by Gasteiger charge is -2.17. The van der Waals surface area contributed by atoms with Crippen molar-refractivity contribution in [3.05, 3.63) is 0 Å². The van der Waals surface area contributed by atoms with E-state index in [0.29, 0.717) is 13.0 Å². The molecule has 17 heavy (non-hydrogen) atoms. The zero-order chi connectivity index (χ0) is 13.1. The molecular formula is C8H16F3N3O2S. The van der Waals surface area contributed by atoms with Gasteiger partial charge in [0.2, 0.25) is 0 Å². The Labute approximate surface area is 98.5 Å². The van der Waals surface area contributed by atoms with Crippen LogP contribution in [0.3, 0.4) is 0 Å². The molecule has 5 nitrogen and oxygen atoms in total. The van der Waals surface area contributed by atoms with Crippen molar-refractivity contribution in [1.29, 1.82) is 0 Å². The summed E-state index contributed by atoms with van der Waals surface area (Å²) in [6.07, 6.45) is -3.87. The summed E-state index contributed by atoms with van der Waals surface area (Å²) in [5.74, 6) is 0.155. The lowest BCUT2D eigenvalue weighted by Crippen LogP contribution is -2.43. The van der Waals surface area contributed by atoms with E-state index in [4.69, 9.17) is 0 Å². The predicted molar refractivity (Wildman–Crippen MR) is 56.6 cm³/mol. The van der Waals surface area contributed by atoms with E-state index in [-0.39, 0.29) is 19.0 Å². The van der Waals surface area contributed by atoms with Gasteiger partial charge in [-0.2, -0.15) is 30.6 Å². The maximum absolute atomic E-state index is 11.9. The van der Waals surface area contributed by atoms with Gasteiger partial charge in [-0.25, -0.2) is 0 Å². The molecule has 1 saturated heterocycles. The number of nitrogens with one attached hydrogen (secondary N) is 2. The third-order valence-corrected chi connectivity index (χ3v) is 4.06. The van der Waals surface area contributed by atoms with E-state index >= 15 is 0 Å². The summed E-state index contributed by atoms with van der Waals surface area (Å²) in [6, 6.07) is 0. The van der Waals surface area contributed by atoms with Gasteiger partial charge >= 0.3 is 6.18 Å². The van der Waals surface area contributed by atoms with Gasteiger partial charge in [-0.1, -0.05) is 0 Å². The number of hydrogen-bond donors (Lipinski definition) is 2. The second kappa shape index (κ2) is 5.51. The highest BCUT2D eigenvalue weighted by atomic mass is 32.2. The van der Waals surface area contributed by atoms with Crippen molar-refractivity contribution in [2.75, 3.05) is 33.2 Å². The molecule has 1 aliphatic rings. The normalized spacial score (nSPS) is 23.2. The molecule has 1 rings (SSSR count). The van der Waals surface area contributed by atoms with Gasteiger partial charge in [0.1, 0.15) is 6.54 Å². The molecule has 0 aromatic rings. The van der Waals surface area contributed by atoms with Crippen LogP contribution in [0.2, 0.25) is 0 Å². The fraction of sp³-hybridized carbons (Fsp3) is 1.00. The third-order valence-electron chi connectivity index (χ3n) is 2.54. The van der Waals surface area contributed by atoms with Gasteiger partial charge < -0.3 is 5.32 Å². The molecule has 0 amide bonds. The summed E-state index contributed by atoms with van der Waals surface area (Å²) in [5, 5.41) is 2.92. The van der Waals surface area contributed by atoms with Crippen molar-refractivity contribution in [2.45, 2.75) is 12.6 Å². The van der Waals surface area contributed by atoms with Crippen LogP contribution in [0.25, 0.3) is 0 Å². The minimum atomic E-state index is -4.53. The molecule has 0 aromatic heterocycles. The summed E-state index contributed by atoms with van der Waals surface area (Å²) < 4.78 is 61.4. The van der Waals surface area contributed by atoms with Gasteiger partial charge in [0.05, 0.1) is 0 Å². The van der Waals surface area contributed by atoms with Crippen LogP contribution in [0, 0.1) is 5.92 Å². The quantitative estimate of drug-likeness (QED) is 0.738. The molecule has 0 aromatic carbocycles. The third kappa shape index (κ3) is 4.78. The Hall–Kier alpha value is -0.380. The maximum atomic E-state index is 11.9. The van der Waals surface area contributed by atoms with Crippen molar-refractivity contribution < 1.29 is 21.6 Å². The molecule has 1 unspecified atom stereocenters. The Morgan fingerprint density at radius 2 is 2.06 bits per heavy atom. The van der Waals surface area contributed by atoms with Crippen LogP contribution in [0.5, 0.6) is 0 Å². The fourth-order valence-electron chi connectivity index (χ4n) is 1.74. The Bertz CT molecular complexity index is 344. The van der Waals surface area contributed by atoms with E-state index in [1.165, 1.54) is 0 Å². The first-order chi connectivity index (χ1) is 7.74. The smallest absolute Gasteiger partial charge is 0.319 e. The van der Waals surface area contributed by atoms with Gasteiger partial charge in [0.25, 0.3) is 10.2 Å². The number of nitrogens with zero attached hydrogens (tertiary/aromatic N) is 1. The molecule has 9 heteroatoms. The van der Waals surface area contributed by atoms with E-state index in [9.17, 15) is 21.6 Å². The average Bonchev–Trinajstić information content (AvgIpc) is 2.64. The predicted octanol–water partition coefficient (Wildman–Crippen LogP) is -0.0756. The van der Waals surface area contributed by atoms with Gasteiger partial charge in [-0.3, -0.25) is 0 Å². The van der Waals surface area contributed by atoms with E-state index in [1.807, 2.05) is 0 Å². The van der Waals surface area contributed by atoms with Crippen molar-refractivity contribution in [3.8, 4) is 0 Å². The van der Waals surface area contributed by atoms with Crippen LogP contribution in [-0.4, -0.2) is 52.1 Å². The first kappa shape index (κ1) is 14.7. The molecule has 1 atom stereocenters. The van der Waals surface area contributed by atoms with Crippen LogP contribution < -0.4 is 10.0 Å². The van der Waals surface area contributed by atoms with Crippen LogP contribution in [0.4, 0.5) is 13.2 Å². The van der Waals surface area contributed by atoms with Crippen molar-refractivity contribution >= 4 is 10.2 Å². The molecule has 1 fully saturated rings. The lowest BCUT2D eigenvalue weighted by atomic mass is 10.1. The van der Waals surface area contributed by atoms with Crippen LogP contribution in [-0.2, 0) is 10.2 Å². The molecule has 1 heterocycles. The number of hydrogen-bond acceptors (Lipinski definition) is 3. The summed E-state index contributed by atoms with van der Waals surface area (Å²) in [5.41, 5.74) is 0. The van der Waals surface area contributed by atoms with E-state index < -0.39 is 22.9 Å².